The van der Waals surface area contributed by atoms with Gasteiger partial charge >= 0.3 is 0 Å². The molecule has 0 amide bonds. The third-order valence-corrected chi connectivity index (χ3v) is 3.12. The molecule has 0 aromatic carbocycles. The lowest BCUT2D eigenvalue weighted by Crippen LogP contribution is -2.41. The summed E-state index contributed by atoms with van der Waals surface area (Å²) >= 11 is 0. The zero-order valence-electron chi connectivity index (χ0n) is 10.2. The summed E-state index contributed by atoms with van der Waals surface area (Å²) in [4.78, 5) is 0. The summed E-state index contributed by atoms with van der Waals surface area (Å²) < 4.78 is 0. The summed E-state index contributed by atoms with van der Waals surface area (Å²) in [5.74, 6) is 2.71. The molecule has 0 saturated heterocycles. The van der Waals surface area contributed by atoms with Crippen LogP contribution < -0.4 is 5.32 Å². The minimum Gasteiger partial charge on any atom is -0.314 e. The summed E-state index contributed by atoms with van der Waals surface area (Å²) in [6.45, 7) is 10.1. The highest BCUT2D eigenvalue weighted by atomic mass is 14.9. The monoisotopic (exact) mass is 195 g/mol. The number of rotatable bonds is 7. The van der Waals surface area contributed by atoms with Gasteiger partial charge in [0.15, 0.2) is 0 Å². The van der Waals surface area contributed by atoms with Crippen molar-refractivity contribution in [3.63, 3.8) is 0 Å². The third-order valence-electron chi connectivity index (χ3n) is 3.12. The molecular weight excluding hydrogens is 170 g/mol. The number of hydrogen-bond donors (Lipinski definition) is 1. The second-order valence-corrected chi connectivity index (χ2v) is 4.55. The second-order valence-electron chi connectivity index (χ2n) is 4.55. The van der Waals surface area contributed by atoms with Crippen molar-refractivity contribution in [3.05, 3.63) is 0 Å². The zero-order valence-corrected chi connectivity index (χ0v) is 10.2. The first-order valence-corrected chi connectivity index (χ1v) is 5.75. The van der Waals surface area contributed by atoms with E-state index in [4.69, 9.17) is 6.42 Å². The molecule has 0 aromatic rings. The van der Waals surface area contributed by atoms with Crippen molar-refractivity contribution in [2.45, 2.75) is 59.4 Å². The van der Waals surface area contributed by atoms with Crippen LogP contribution >= 0.6 is 0 Å². The topological polar surface area (TPSA) is 12.0 Å². The van der Waals surface area contributed by atoms with E-state index in [2.05, 4.69) is 38.9 Å². The molecule has 0 aliphatic rings. The van der Waals surface area contributed by atoms with Gasteiger partial charge < -0.3 is 5.32 Å². The largest absolute Gasteiger partial charge is 0.314 e. The van der Waals surface area contributed by atoms with E-state index in [0.29, 0.717) is 11.5 Å². The molecule has 0 fully saturated rings. The van der Waals surface area contributed by atoms with Gasteiger partial charge in [-0.25, -0.2) is 0 Å². The van der Waals surface area contributed by atoms with Crippen molar-refractivity contribution in [3.8, 4) is 12.3 Å². The lowest BCUT2D eigenvalue weighted by molar-refractivity contribution is 0.220. The van der Waals surface area contributed by atoms with Crippen LogP contribution in [0.5, 0.6) is 0 Å². The van der Waals surface area contributed by atoms with E-state index in [1.807, 2.05) is 0 Å². The fourth-order valence-electron chi connectivity index (χ4n) is 1.67. The molecule has 0 spiro atoms. The molecular formula is C13H25N. The van der Waals surface area contributed by atoms with Gasteiger partial charge in [-0.05, 0) is 31.2 Å². The fourth-order valence-corrected chi connectivity index (χ4v) is 1.67. The molecule has 0 aliphatic heterocycles. The van der Waals surface area contributed by atoms with Crippen molar-refractivity contribution < 1.29 is 0 Å². The van der Waals surface area contributed by atoms with E-state index < -0.39 is 0 Å². The third kappa shape index (κ3) is 4.67. The van der Waals surface area contributed by atoms with Gasteiger partial charge in [-0.3, -0.25) is 0 Å². The van der Waals surface area contributed by atoms with Crippen LogP contribution in [0.4, 0.5) is 0 Å². The van der Waals surface area contributed by atoms with E-state index in [0.717, 1.165) is 19.4 Å². The summed E-state index contributed by atoms with van der Waals surface area (Å²) in [6, 6.07) is 0.603. The van der Waals surface area contributed by atoms with Gasteiger partial charge in [0.1, 0.15) is 0 Å². The van der Waals surface area contributed by atoms with E-state index in [9.17, 15) is 0 Å². The summed E-state index contributed by atoms with van der Waals surface area (Å²) in [7, 11) is 0. The first kappa shape index (κ1) is 13.5. The predicted molar refractivity (Wildman–Crippen MR) is 64.2 cm³/mol. The minimum absolute atomic E-state index is 0.380. The lowest BCUT2D eigenvalue weighted by atomic mass is 9.79. The Hall–Kier alpha value is -0.480. The average molecular weight is 195 g/mol. The highest BCUT2D eigenvalue weighted by molar-refractivity contribution is 4.87. The van der Waals surface area contributed by atoms with Gasteiger partial charge in [0, 0.05) is 12.5 Å². The van der Waals surface area contributed by atoms with Crippen molar-refractivity contribution in [2.75, 3.05) is 6.54 Å². The molecule has 14 heavy (non-hydrogen) atoms. The predicted octanol–water partition coefficient (Wildman–Crippen LogP) is 3.20. The van der Waals surface area contributed by atoms with Gasteiger partial charge in [-0.2, -0.15) is 0 Å². The van der Waals surface area contributed by atoms with Crippen molar-refractivity contribution in [1.82, 2.24) is 5.32 Å². The SMILES string of the molecule is C#CCCCC(NCC)C(C)(C)CC. The quantitative estimate of drug-likeness (QED) is 0.486. The first-order chi connectivity index (χ1) is 6.58. The second kappa shape index (κ2) is 6.90. The van der Waals surface area contributed by atoms with Crippen LogP contribution in [-0.4, -0.2) is 12.6 Å². The lowest BCUT2D eigenvalue weighted by Gasteiger charge is -2.34. The number of hydrogen-bond acceptors (Lipinski definition) is 1. The van der Waals surface area contributed by atoms with Crippen LogP contribution in [0.25, 0.3) is 0 Å². The molecule has 0 bridgehead atoms. The van der Waals surface area contributed by atoms with Crippen LogP contribution in [0.15, 0.2) is 0 Å². The molecule has 0 radical (unpaired) electrons. The van der Waals surface area contributed by atoms with E-state index in [1.54, 1.807) is 0 Å². The number of nitrogens with one attached hydrogen (secondary N) is 1. The number of unbranched alkanes of at least 4 members (excludes halogenated alkanes) is 1. The molecule has 1 N–H and O–H groups in total. The Kier molecular flexibility index (Phi) is 6.66. The van der Waals surface area contributed by atoms with Gasteiger partial charge in [-0.1, -0.05) is 27.7 Å². The van der Waals surface area contributed by atoms with Crippen molar-refractivity contribution >= 4 is 0 Å². The Bertz CT molecular complexity index is 176. The molecule has 1 nitrogen and oxygen atoms in total. The van der Waals surface area contributed by atoms with E-state index in [1.165, 1.54) is 12.8 Å². The average Bonchev–Trinajstić information content (AvgIpc) is 2.17. The van der Waals surface area contributed by atoms with Gasteiger partial charge in [-0.15, -0.1) is 12.3 Å². The van der Waals surface area contributed by atoms with Gasteiger partial charge in [0.2, 0.25) is 0 Å². The first-order valence-electron chi connectivity index (χ1n) is 5.75. The highest BCUT2D eigenvalue weighted by Crippen LogP contribution is 2.27. The standard InChI is InChI=1S/C13H25N/c1-6-9-10-11-12(14-8-3)13(4,5)7-2/h1,12,14H,7-11H2,2-5H3. The Morgan fingerprint density at radius 1 is 1.36 bits per heavy atom. The molecule has 1 atom stereocenters. The number of terminal acetylenes is 1. The molecule has 0 heterocycles. The molecule has 1 unspecified atom stereocenters. The molecule has 1 heteroatoms. The summed E-state index contributed by atoms with van der Waals surface area (Å²) in [5, 5.41) is 3.56. The molecule has 82 valence electrons. The fraction of sp³-hybridized carbons (Fsp3) is 0.846. The maximum absolute atomic E-state index is 5.26. The molecule has 0 saturated carbocycles. The van der Waals surface area contributed by atoms with Gasteiger partial charge in [0.25, 0.3) is 0 Å². The van der Waals surface area contributed by atoms with Crippen molar-refractivity contribution in [2.24, 2.45) is 5.41 Å². The normalized spacial score (nSPS) is 13.6. The minimum atomic E-state index is 0.380. The van der Waals surface area contributed by atoms with E-state index >= 15 is 0 Å². The van der Waals surface area contributed by atoms with E-state index in [-0.39, 0.29) is 0 Å². The maximum atomic E-state index is 5.26. The van der Waals surface area contributed by atoms with Crippen LogP contribution in [0, 0.1) is 17.8 Å². The smallest absolute Gasteiger partial charge is 0.0118 e. The summed E-state index contributed by atoms with van der Waals surface area (Å²) in [5.41, 5.74) is 0.380. The Morgan fingerprint density at radius 3 is 2.43 bits per heavy atom. The highest BCUT2D eigenvalue weighted by Gasteiger charge is 2.25. The van der Waals surface area contributed by atoms with Crippen LogP contribution in [0.2, 0.25) is 0 Å². The molecule has 0 aliphatic carbocycles. The zero-order chi connectivity index (χ0) is 11.0. The Balaban J connectivity index is 4.08. The molecule has 0 aromatic heterocycles. The van der Waals surface area contributed by atoms with Crippen molar-refractivity contribution in [1.29, 1.82) is 0 Å². The van der Waals surface area contributed by atoms with Crippen LogP contribution in [0.1, 0.15) is 53.4 Å². The van der Waals surface area contributed by atoms with Gasteiger partial charge in [0.05, 0.1) is 0 Å². The van der Waals surface area contributed by atoms with Crippen LogP contribution in [-0.2, 0) is 0 Å². The molecule has 0 rings (SSSR count). The summed E-state index contributed by atoms with van der Waals surface area (Å²) in [6.07, 6.45) is 9.70. The van der Waals surface area contributed by atoms with Crippen LogP contribution in [0.3, 0.4) is 0 Å². The Morgan fingerprint density at radius 2 is 2.00 bits per heavy atom. The maximum Gasteiger partial charge on any atom is 0.0118 e. The Labute approximate surface area is 89.7 Å².